The molecule has 1 N–H and O–H groups in total. The molecule has 0 unspecified atom stereocenters. The van der Waals surface area contributed by atoms with Crippen LogP contribution < -0.4 is 5.32 Å². The van der Waals surface area contributed by atoms with E-state index in [9.17, 15) is 0 Å². The summed E-state index contributed by atoms with van der Waals surface area (Å²) in [6, 6.07) is 29.9. The molecule has 0 amide bonds. The molecule has 0 aromatic heterocycles. The first kappa shape index (κ1) is 17.7. The van der Waals surface area contributed by atoms with Gasteiger partial charge in [0.15, 0.2) is 0 Å². The molecule has 28 heavy (non-hydrogen) atoms. The summed E-state index contributed by atoms with van der Waals surface area (Å²) in [5.74, 6) is 0. The molecule has 5 rings (SSSR count). The third kappa shape index (κ3) is 3.50. The Labute approximate surface area is 168 Å². The van der Waals surface area contributed by atoms with Crippen LogP contribution in [0.2, 0.25) is 0 Å². The zero-order valence-corrected chi connectivity index (χ0v) is 16.4. The molecule has 142 valence electrons. The maximum atomic E-state index is 3.81. The van der Waals surface area contributed by atoms with E-state index in [4.69, 9.17) is 0 Å². The largest absolute Gasteiger partial charge is 0.310 e. The molecule has 0 spiro atoms. The summed E-state index contributed by atoms with van der Waals surface area (Å²) in [7, 11) is 0. The van der Waals surface area contributed by atoms with E-state index >= 15 is 0 Å². The molecule has 0 saturated heterocycles. The molecule has 0 saturated carbocycles. The summed E-state index contributed by atoms with van der Waals surface area (Å²) in [4.78, 5) is 2.69. The van der Waals surface area contributed by atoms with E-state index in [1.807, 2.05) is 0 Å². The number of benzene rings is 3. The number of fused-ring (bicyclic) bond motifs is 2. The van der Waals surface area contributed by atoms with Gasteiger partial charge >= 0.3 is 0 Å². The predicted octanol–water partition coefficient (Wildman–Crippen LogP) is 5.06. The molecule has 2 aliphatic heterocycles. The fourth-order valence-electron chi connectivity index (χ4n) is 5.01. The van der Waals surface area contributed by atoms with Crippen LogP contribution in [0.3, 0.4) is 0 Å². The van der Waals surface area contributed by atoms with Crippen LogP contribution in [0.5, 0.6) is 0 Å². The zero-order valence-electron chi connectivity index (χ0n) is 16.4. The van der Waals surface area contributed by atoms with Gasteiger partial charge in [0.25, 0.3) is 0 Å². The van der Waals surface area contributed by atoms with Gasteiger partial charge in [0.2, 0.25) is 0 Å². The average molecular weight is 369 g/mol. The van der Waals surface area contributed by atoms with Gasteiger partial charge in [-0.1, -0.05) is 78.9 Å². The van der Waals surface area contributed by atoms with Gasteiger partial charge in [0.1, 0.15) is 0 Å². The highest BCUT2D eigenvalue weighted by atomic mass is 15.2. The Morgan fingerprint density at radius 3 is 2.25 bits per heavy atom. The lowest BCUT2D eigenvalue weighted by molar-refractivity contribution is 0.153. The SMILES string of the molecule is c1ccc(CN2CCc3ccccc3[C@@H]2C[C@@H]2NCCc3ccccc32)cc1. The summed E-state index contributed by atoms with van der Waals surface area (Å²) in [5.41, 5.74) is 7.47. The fourth-order valence-corrected chi connectivity index (χ4v) is 5.01. The van der Waals surface area contributed by atoms with Crippen molar-refractivity contribution in [3.63, 3.8) is 0 Å². The average Bonchev–Trinajstić information content (AvgIpc) is 2.76. The van der Waals surface area contributed by atoms with E-state index in [1.165, 1.54) is 27.8 Å². The van der Waals surface area contributed by atoms with E-state index < -0.39 is 0 Å². The first-order valence-electron chi connectivity index (χ1n) is 10.6. The lowest BCUT2D eigenvalue weighted by Gasteiger charge is -2.40. The molecule has 0 radical (unpaired) electrons. The lowest BCUT2D eigenvalue weighted by Crippen LogP contribution is -2.39. The smallest absolute Gasteiger partial charge is 0.0372 e. The summed E-state index contributed by atoms with van der Waals surface area (Å²) >= 11 is 0. The van der Waals surface area contributed by atoms with Crippen LogP contribution in [0.15, 0.2) is 78.9 Å². The van der Waals surface area contributed by atoms with Gasteiger partial charge in [0.05, 0.1) is 0 Å². The number of rotatable bonds is 4. The molecule has 2 heterocycles. The van der Waals surface area contributed by atoms with Crippen LogP contribution in [0, 0.1) is 0 Å². The van der Waals surface area contributed by atoms with Crippen LogP contribution in [0.25, 0.3) is 0 Å². The minimum Gasteiger partial charge on any atom is -0.310 e. The minimum absolute atomic E-state index is 0.430. The molecular weight excluding hydrogens is 340 g/mol. The predicted molar refractivity (Wildman–Crippen MR) is 115 cm³/mol. The van der Waals surface area contributed by atoms with E-state index in [-0.39, 0.29) is 0 Å². The maximum absolute atomic E-state index is 3.81. The van der Waals surface area contributed by atoms with Crippen LogP contribution in [-0.4, -0.2) is 18.0 Å². The van der Waals surface area contributed by atoms with E-state index in [0.29, 0.717) is 12.1 Å². The van der Waals surface area contributed by atoms with Gasteiger partial charge in [-0.25, -0.2) is 0 Å². The van der Waals surface area contributed by atoms with Crippen molar-refractivity contribution >= 4 is 0 Å². The quantitative estimate of drug-likeness (QED) is 0.692. The van der Waals surface area contributed by atoms with Gasteiger partial charge < -0.3 is 5.32 Å². The molecule has 0 bridgehead atoms. The van der Waals surface area contributed by atoms with Crippen molar-refractivity contribution in [3.05, 3.63) is 107 Å². The lowest BCUT2D eigenvalue weighted by atomic mass is 9.84. The highest BCUT2D eigenvalue weighted by Crippen LogP contribution is 2.38. The number of nitrogens with zero attached hydrogens (tertiary/aromatic N) is 1. The molecule has 2 heteroatoms. The van der Waals surface area contributed by atoms with Crippen molar-refractivity contribution in [1.82, 2.24) is 10.2 Å². The van der Waals surface area contributed by atoms with Crippen molar-refractivity contribution in [2.24, 2.45) is 0 Å². The monoisotopic (exact) mass is 368 g/mol. The second kappa shape index (κ2) is 7.90. The van der Waals surface area contributed by atoms with Gasteiger partial charge in [-0.2, -0.15) is 0 Å². The van der Waals surface area contributed by atoms with Crippen molar-refractivity contribution in [3.8, 4) is 0 Å². The number of hydrogen-bond donors (Lipinski definition) is 1. The molecular formula is C26H28N2. The molecule has 0 fully saturated rings. The first-order chi connectivity index (χ1) is 13.9. The fraction of sp³-hybridized carbons (Fsp3) is 0.308. The second-order valence-electron chi connectivity index (χ2n) is 8.11. The summed E-state index contributed by atoms with van der Waals surface area (Å²) in [6.07, 6.45) is 3.41. The van der Waals surface area contributed by atoms with E-state index in [1.54, 1.807) is 0 Å². The minimum atomic E-state index is 0.430. The Kier molecular flexibility index (Phi) is 4.99. The van der Waals surface area contributed by atoms with Gasteiger partial charge in [0, 0.05) is 25.2 Å². The number of hydrogen-bond acceptors (Lipinski definition) is 2. The summed E-state index contributed by atoms with van der Waals surface area (Å²) in [5, 5.41) is 3.81. The molecule has 0 aliphatic carbocycles. The summed E-state index contributed by atoms with van der Waals surface area (Å²) in [6.45, 7) is 3.23. The van der Waals surface area contributed by atoms with Crippen LogP contribution in [-0.2, 0) is 19.4 Å². The Hall–Kier alpha value is -2.42. The molecule has 2 atom stereocenters. The van der Waals surface area contributed by atoms with Crippen molar-refractivity contribution < 1.29 is 0 Å². The summed E-state index contributed by atoms with van der Waals surface area (Å²) < 4.78 is 0. The molecule has 3 aromatic rings. The van der Waals surface area contributed by atoms with Crippen molar-refractivity contribution in [1.29, 1.82) is 0 Å². The van der Waals surface area contributed by atoms with Gasteiger partial charge in [-0.3, -0.25) is 4.90 Å². The standard InChI is InChI=1S/C26H28N2/c1-2-8-20(9-3-1)19-28-17-15-22-11-5-7-13-24(22)26(28)18-25-23-12-6-4-10-21(23)14-16-27-25/h1-13,25-27H,14-19H2/t25-,26-/m0/s1. The first-order valence-corrected chi connectivity index (χ1v) is 10.6. The Balaban J connectivity index is 1.46. The highest BCUT2D eigenvalue weighted by Gasteiger charge is 2.31. The van der Waals surface area contributed by atoms with Gasteiger partial charge in [-0.15, -0.1) is 0 Å². The molecule has 2 aliphatic rings. The van der Waals surface area contributed by atoms with Crippen LogP contribution >= 0.6 is 0 Å². The molecule has 3 aromatic carbocycles. The van der Waals surface area contributed by atoms with Crippen molar-refractivity contribution in [2.75, 3.05) is 13.1 Å². The topological polar surface area (TPSA) is 15.3 Å². The molecule has 2 nitrogen and oxygen atoms in total. The normalized spacial score (nSPS) is 21.7. The Morgan fingerprint density at radius 2 is 1.43 bits per heavy atom. The van der Waals surface area contributed by atoms with E-state index in [0.717, 1.165) is 38.9 Å². The number of nitrogens with one attached hydrogen (secondary N) is 1. The third-order valence-electron chi connectivity index (χ3n) is 6.43. The maximum Gasteiger partial charge on any atom is 0.0372 e. The van der Waals surface area contributed by atoms with Crippen molar-refractivity contribution in [2.45, 2.75) is 37.9 Å². The third-order valence-corrected chi connectivity index (χ3v) is 6.43. The second-order valence-corrected chi connectivity index (χ2v) is 8.11. The Morgan fingerprint density at radius 1 is 0.750 bits per heavy atom. The van der Waals surface area contributed by atoms with Gasteiger partial charge in [-0.05, 0) is 53.6 Å². The van der Waals surface area contributed by atoms with Crippen LogP contribution in [0.4, 0.5) is 0 Å². The Bertz CT molecular complexity index is 934. The zero-order chi connectivity index (χ0) is 18.8. The van der Waals surface area contributed by atoms with E-state index in [2.05, 4.69) is 89.1 Å². The van der Waals surface area contributed by atoms with Crippen LogP contribution in [0.1, 0.15) is 46.3 Å². The highest BCUT2D eigenvalue weighted by molar-refractivity contribution is 5.36.